The van der Waals surface area contributed by atoms with Crippen molar-refractivity contribution in [3.05, 3.63) is 78.7 Å². The fourth-order valence-corrected chi connectivity index (χ4v) is 17.0. The molecule has 73 heavy (non-hydrogen) atoms. The molecule has 11 heteroatoms. The molecule has 7 nitrogen and oxygen atoms in total. The Morgan fingerprint density at radius 2 is 1.07 bits per heavy atom. The van der Waals surface area contributed by atoms with Gasteiger partial charge in [-0.2, -0.15) is 15.8 Å². The molecule has 0 radical (unpaired) electrons. The van der Waals surface area contributed by atoms with Gasteiger partial charge >= 0.3 is 0 Å². The SMILES string of the molecule is CCCCCCC1(CCCCCC)Oc2c(sc3c4c(sc23)-c2sc(C3=C(C#N)C(=C(C#N)C#N)OC3(C)C)cc2C(CCCCCC)(CCCCCC)O4)-c2sc(/C=C/c3cc(C)c(N(C)C)cc3C)cc21. The van der Waals surface area contributed by atoms with Crippen LogP contribution in [0.4, 0.5) is 5.69 Å². The monoisotopic (exact) mass is 1050 g/mol. The zero-order chi connectivity index (χ0) is 52.1. The van der Waals surface area contributed by atoms with Gasteiger partial charge in [-0.05, 0) is 126 Å². The summed E-state index contributed by atoms with van der Waals surface area (Å²) in [5, 5.41) is 30.7. The standard InChI is InChI=1S/C62H76N4O3S4/c1-11-15-19-23-29-61(30-24-20-16-12-2)46-35-44(28-27-42-33-41(6)48(66(9)10)34-40(42)5)70-54(46)56-52(68-61)58-59(72-56)53-57(73-58)55-47(62(69-53,31-25-21-17-13-3)32-26-22-18-14-4)36-49(71-55)50-45(39-65)51(43(37-63)38-64)67-60(50,7)8/h27-28,33-36H,11-26,29-32H2,1-10H3/b28-27+. The van der Waals surface area contributed by atoms with E-state index in [1.54, 1.807) is 11.3 Å². The van der Waals surface area contributed by atoms with Crippen LogP contribution in [0.5, 0.6) is 11.5 Å². The molecule has 3 aliphatic heterocycles. The third-order valence-electron chi connectivity index (χ3n) is 15.4. The van der Waals surface area contributed by atoms with E-state index in [0.29, 0.717) is 0 Å². The number of benzene rings is 1. The third-order valence-corrected chi connectivity index (χ3v) is 20.4. The predicted molar refractivity (Wildman–Crippen MR) is 311 cm³/mol. The second kappa shape index (κ2) is 23.4. The molecule has 0 unspecified atom stereocenters. The van der Waals surface area contributed by atoms with Crippen molar-refractivity contribution in [2.75, 3.05) is 19.0 Å². The summed E-state index contributed by atoms with van der Waals surface area (Å²) in [6.45, 7) is 17.4. The first-order chi connectivity index (χ1) is 35.2. The van der Waals surface area contributed by atoms with Crippen LogP contribution in [0.25, 0.3) is 46.6 Å². The Morgan fingerprint density at radius 1 is 0.575 bits per heavy atom. The topological polar surface area (TPSA) is 102 Å². The van der Waals surface area contributed by atoms with Crippen LogP contribution in [0.3, 0.4) is 0 Å². The van der Waals surface area contributed by atoms with Crippen molar-refractivity contribution in [2.24, 2.45) is 0 Å². The van der Waals surface area contributed by atoms with Crippen LogP contribution in [0, 0.1) is 47.8 Å². The molecule has 0 bridgehead atoms. The Morgan fingerprint density at radius 3 is 1.53 bits per heavy atom. The number of thiophene rings is 4. The number of nitriles is 3. The molecule has 0 spiro atoms. The first kappa shape index (κ1) is 54.4. The maximum absolute atomic E-state index is 10.7. The summed E-state index contributed by atoms with van der Waals surface area (Å²) in [6.07, 6.45) is 26.9. The molecular formula is C62H76N4O3S4. The van der Waals surface area contributed by atoms with Gasteiger partial charge in [0.15, 0.2) is 22.8 Å². The fraction of sp³-hybridized carbons (Fsp3) is 0.532. The van der Waals surface area contributed by atoms with E-state index in [1.165, 1.54) is 114 Å². The van der Waals surface area contributed by atoms with E-state index in [9.17, 15) is 15.8 Å². The lowest BCUT2D eigenvalue weighted by atomic mass is 9.81. The van der Waals surface area contributed by atoms with E-state index in [2.05, 4.69) is 103 Å². The van der Waals surface area contributed by atoms with Crippen molar-refractivity contribution >= 4 is 78.2 Å². The van der Waals surface area contributed by atoms with Crippen molar-refractivity contribution < 1.29 is 14.2 Å². The number of anilines is 1. The smallest absolute Gasteiger partial charge is 0.172 e. The number of nitrogens with zero attached hydrogens (tertiary/aromatic N) is 4. The van der Waals surface area contributed by atoms with Gasteiger partial charge in [0.05, 0.1) is 28.9 Å². The van der Waals surface area contributed by atoms with Crippen molar-refractivity contribution in [1.82, 2.24) is 0 Å². The fourth-order valence-electron chi connectivity index (χ4n) is 11.5. The first-order valence-corrected chi connectivity index (χ1v) is 30.6. The van der Waals surface area contributed by atoms with Crippen molar-refractivity contribution in [3.63, 3.8) is 0 Å². The van der Waals surface area contributed by atoms with Gasteiger partial charge in [-0.1, -0.05) is 111 Å². The average molecular weight is 1050 g/mol. The molecule has 4 aromatic heterocycles. The predicted octanol–water partition coefficient (Wildman–Crippen LogP) is 19.7. The zero-order valence-electron chi connectivity index (χ0n) is 45.3. The zero-order valence-corrected chi connectivity index (χ0v) is 48.5. The minimum atomic E-state index is -0.942. The largest absolute Gasteiger partial charge is 0.479 e. The van der Waals surface area contributed by atoms with Gasteiger partial charge in [0, 0.05) is 46.2 Å². The Bertz CT molecular complexity index is 3000. The second-order valence-electron chi connectivity index (χ2n) is 21.5. The highest BCUT2D eigenvalue weighted by molar-refractivity contribution is 7.35. The molecule has 8 rings (SSSR count). The average Bonchev–Trinajstić information content (AvgIpc) is 4.20. The van der Waals surface area contributed by atoms with Crippen LogP contribution in [-0.4, -0.2) is 19.7 Å². The minimum Gasteiger partial charge on any atom is -0.479 e. The van der Waals surface area contributed by atoms with Gasteiger partial charge in [0.25, 0.3) is 0 Å². The molecule has 0 saturated heterocycles. The maximum Gasteiger partial charge on any atom is 0.172 e. The van der Waals surface area contributed by atoms with Crippen LogP contribution in [0.15, 0.2) is 41.2 Å². The van der Waals surface area contributed by atoms with Gasteiger partial charge in [-0.25, -0.2) is 0 Å². The Kier molecular flexibility index (Phi) is 17.4. The van der Waals surface area contributed by atoms with Gasteiger partial charge in [0.2, 0.25) is 0 Å². The van der Waals surface area contributed by atoms with E-state index in [1.807, 2.05) is 60.0 Å². The number of aryl methyl sites for hydroxylation is 2. The minimum absolute atomic E-state index is 0.0740. The summed E-state index contributed by atoms with van der Waals surface area (Å²) in [6, 6.07) is 15.7. The van der Waals surface area contributed by atoms with Crippen LogP contribution >= 0.6 is 45.3 Å². The van der Waals surface area contributed by atoms with Gasteiger partial charge in [0.1, 0.15) is 40.6 Å². The third kappa shape index (κ3) is 10.7. The molecule has 3 aliphatic rings. The second-order valence-corrected chi connectivity index (χ2v) is 25.7. The summed E-state index contributed by atoms with van der Waals surface area (Å²) in [4.78, 5) is 9.27. The molecule has 0 amide bonds. The van der Waals surface area contributed by atoms with E-state index in [4.69, 9.17) is 14.2 Å². The highest BCUT2D eigenvalue weighted by Gasteiger charge is 2.49. The summed E-state index contributed by atoms with van der Waals surface area (Å²) in [7, 11) is 4.23. The lowest BCUT2D eigenvalue weighted by Gasteiger charge is -2.39. The molecule has 7 heterocycles. The first-order valence-electron chi connectivity index (χ1n) is 27.4. The van der Waals surface area contributed by atoms with E-state index < -0.39 is 16.8 Å². The summed E-state index contributed by atoms with van der Waals surface area (Å²) < 4.78 is 24.4. The van der Waals surface area contributed by atoms with Crippen LogP contribution < -0.4 is 14.4 Å². The number of allylic oxidation sites excluding steroid dienone is 2. The van der Waals surface area contributed by atoms with Gasteiger partial charge < -0.3 is 19.1 Å². The number of fused-ring (bicyclic) bond motifs is 9. The molecule has 0 atom stereocenters. The summed E-state index contributed by atoms with van der Waals surface area (Å²) in [5.74, 6) is 2.07. The Balaban J connectivity index is 1.33. The molecular weight excluding hydrogens is 977 g/mol. The van der Waals surface area contributed by atoms with Crippen LogP contribution in [0.2, 0.25) is 0 Å². The number of hydrogen-bond acceptors (Lipinski definition) is 11. The Labute approximate surface area is 452 Å². The van der Waals surface area contributed by atoms with Gasteiger partial charge in [-0.3, -0.25) is 0 Å². The molecule has 386 valence electrons. The summed E-state index contributed by atoms with van der Waals surface area (Å²) >= 11 is 7.30. The van der Waals surface area contributed by atoms with E-state index in [0.717, 1.165) is 104 Å². The van der Waals surface area contributed by atoms with E-state index in [-0.39, 0.29) is 16.9 Å². The molecule has 0 aliphatic carbocycles. The quantitative estimate of drug-likeness (QED) is 0.0448. The molecule has 0 saturated carbocycles. The maximum atomic E-state index is 10.7. The lowest BCUT2D eigenvalue weighted by Crippen LogP contribution is -2.35. The molecule has 0 fully saturated rings. The number of unbranched alkanes of at least 4 members (excludes halogenated alkanes) is 12. The van der Waals surface area contributed by atoms with Crippen molar-refractivity contribution in [3.8, 4) is 49.2 Å². The molecule has 5 aromatic rings. The number of ether oxygens (including phenoxy) is 3. The van der Waals surface area contributed by atoms with Gasteiger partial charge in [-0.15, -0.1) is 45.3 Å². The van der Waals surface area contributed by atoms with Crippen LogP contribution in [0.1, 0.15) is 208 Å². The number of hydrogen-bond donors (Lipinski definition) is 0. The van der Waals surface area contributed by atoms with Crippen LogP contribution in [-0.2, 0) is 15.9 Å². The highest BCUT2D eigenvalue weighted by atomic mass is 32.1. The molecule has 1 aromatic carbocycles. The van der Waals surface area contributed by atoms with E-state index >= 15 is 0 Å². The summed E-state index contributed by atoms with van der Waals surface area (Å²) in [5.41, 5.74) is 6.43. The number of rotatable bonds is 24. The normalized spacial score (nSPS) is 15.7. The molecule has 0 N–H and O–H groups in total. The Hall–Kier alpha value is -4.83. The van der Waals surface area contributed by atoms with Crippen molar-refractivity contribution in [2.45, 2.75) is 201 Å². The highest BCUT2D eigenvalue weighted by Crippen LogP contribution is 2.66. The van der Waals surface area contributed by atoms with Crippen molar-refractivity contribution in [1.29, 1.82) is 15.8 Å². The lowest BCUT2D eigenvalue weighted by molar-refractivity contribution is 0.0406.